The molecule has 0 bridgehead atoms. The highest BCUT2D eigenvalue weighted by Crippen LogP contribution is 2.34. The molecule has 0 radical (unpaired) electrons. The van der Waals surface area contributed by atoms with Gasteiger partial charge in [0.05, 0.1) is 11.7 Å². The van der Waals surface area contributed by atoms with E-state index in [4.69, 9.17) is 0 Å². The predicted octanol–water partition coefficient (Wildman–Crippen LogP) is 4.33. The van der Waals surface area contributed by atoms with Crippen molar-refractivity contribution in [3.63, 3.8) is 0 Å². The topological polar surface area (TPSA) is 26.0 Å². The van der Waals surface area contributed by atoms with Crippen molar-refractivity contribution in [1.29, 1.82) is 0 Å². The Labute approximate surface area is 159 Å². The molecule has 0 unspecified atom stereocenters. The highest BCUT2D eigenvalue weighted by Gasteiger charge is 2.23. The first-order chi connectivity index (χ1) is 13.1. The molecule has 0 spiro atoms. The maximum absolute atomic E-state index is 4.33. The van der Waals surface area contributed by atoms with E-state index < -0.39 is 0 Å². The van der Waals surface area contributed by atoms with Crippen molar-refractivity contribution in [2.24, 2.45) is 7.05 Å². The summed E-state index contributed by atoms with van der Waals surface area (Å²) < 4.78 is 4.32. The number of fused-ring (bicyclic) bond motifs is 3. The second kappa shape index (κ2) is 6.10. The summed E-state index contributed by atoms with van der Waals surface area (Å²) in [6, 6.07) is 15.7. The fourth-order valence-corrected chi connectivity index (χ4v) is 4.30. The second-order valence-corrected chi connectivity index (χ2v) is 7.72. The third kappa shape index (κ3) is 2.68. The van der Waals surface area contributed by atoms with Crippen LogP contribution < -0.4 is 0 Å². The van der Waals surface area contributed by atoms with E-state index in [0.29, 0.717) is 0 Å². The van der Waals surface area contributed by atoms with Gasteiger partial charge in [-0.2, -0.15) is 5.10 Å². The molecule has 2 aromatic carbocycles. The zero-order valence-corrected chi connectivity index (χ0v) is 16.1. The molecule has 1 aliphatic heterocycles. The second-order valence-electron chi connectivity index (χ2n) is 7.72. The molecule has 0 amide bonds. The number of hydrogen-bond acceptors (Lipinski definition) is 2. The lowest BCUT2D eigenvalue weighted by Gasteiger charge is -2.24. The van der Waals surface area contributed by atoms with Crippen LogP contribution in [0.1, 0.15) is 16.8 Å². The van der Waals surface area contributed by atoms with Gasteiger partial charge in [0.2, 0.25) is 0 Å². The van der Waals surface area contributed by atoms with Crippen LogP contribution in [0, 0.1) is 6.92 Å². The maximum Gasteiger partial charge on any atom is 0.0568 e. The van der Waals surface area contributed by atoms with Crippen molar-refractivity contribution in [2.45, 2.75) is 19.9 Å². The molecule has 1 aliphatic rings. The fourth-order valence-electron chi connectivity index (χ4n) is 4.30. The van der Waals surface area contributed by atoms with E-state index in [1.807, 2.05) is 17.9 Å². The number of likely N-dealkylation sites (N-methyl/N-ethyl adjacent to an activating group) is 1. The van der Waals surface area contributed by atoms with Gasteiger partial charge in [-0.05, 0) is 49.4 Å². The van der Waals surface area contributed by atoms with Crippen molar-refractivity contribution < 1.29 is 0 Å². The molecule has 0 atom stereocenters. The molecule has 5 rings (SSSR count). The van der Waals surface area contributed by atoms with Gasteiger partial charge in [-0.3, -0.25) is 4.68 Å². The lowest BCUT2D eigenvalue weighted by atomic mass is 10.0. The van der Waals surface area contributed by atoms with E-state index in [1.165, 1.54) is 39.0 Å². The quantitative estimate of drug-likeness (QED) is 0.534. The first-order valence-corrected chi connectivity index (χ1v) is 9.51. The molecular formula is C23H24N4. The van der Waals surface area contributed by atoms with Gasteiger partial charge >= 0.3 is 0 Å². The molecular weight excluding hydrogens is 332 g/mol. The predicted molar refractivity (Wildman–Crippen MR) is 110 cm³/mol. The van der Waals surface area contributed by atoms with Crippen LogP contribution in [-0.4, -0.2) is 32.8 Å². The molecule has 4 nitrogen and oxygen atoms in total. The Hall–Kier alpha value is -2.85. The molecule has 4 aromatic rings. The Morgan fingerprint density at radius 1 is 1.00 bits per heavy atom. The number of benzene rings is 2. The van der Waals surface area contributed by atoms with E-state index in [2.05, 4.69) is 77.2 Å². The van der Waals surface area contributed by atoms with E-state index in [-0.39, 0.29) is 0 Å². The van der Waals surface area contributed by atoms with Crippen molar-refractivity contribution >= 4 is 10.9 Å². The average Bonchev–Trinajstić information content (AvgIpc) is 3.23. The van der Waals surface area contributed by atoms with Gasteiger partial charge < -0.3 is 9.47 Å². The first-order valence-electron chi connectivity index (χ1n) is 9.51. The van der Waals surface area contributed by atoms with Crippen LogP contribution in [0.15, 0.2) is 54.9 Å². The monoisotopic (exact) mass is 356 g/mol. The number of aryl methyl sites for hydroxylation is 2. The molecule has 0 N–H and O–H groups in total. The summed E-state index contributed by atoms with van der Waals surface area (Å²) in [6.45, 7) is 4.30. The normalized spacial score (nSPS) is 14.6. The maximum atomic E-state index is 4.33. The van der Waals surface area contributed by atoms with E-state index in [1.54, 1.807) is 0 Å². The summed E-state index contributed by atoms with van der Waals surface area (Å²) in [5, 5.41) is 5.72. The van der Waals surface area contributed by atoms with Gasteiger partial charge in [-0.1, -0.05) is 23.8 Å². The minimum absolute atomic E-state index is 1.02. The summed E-state index contributed by atoms with van der Waals surface area (Å²) in [5.41, 5.74) is 9.16. The third-order valence-electron chi connectivity index (χ3n) is 5.64. The number of nitrogens with zero attached hydrogens (tertiary/aromatic N) is 4. The van der Waals surface area contributed by atoms with Crippen LogP contribution in [0.3, 0.4) is 0 Å². The number of aromatic nitrogens is 3. The molecule has 136 valence electrons. The van der Waals surface area contributed by atoms with Gasteiger partial charge in [-0.25, -0.2) is 0 Å². The van der Waals surface area contributed by atoms with Gasteiger partial charge in [0, 0.05) is 55.1 Å². The van der Waals surface area contributed by atoms with Crippen LogP contribution in [0.25, 0.3) is 27.7 Å². The van der Waals surface area contributed by atoms with Crippen molar-refractivity contribution in [1.82, 2.24) is 19.2 Å². The smallest absolute Gasteiger partial charge is 0.0568 e. The lowest BCUT2D eigenvalue weighted by Crippen LogP contribution is -2.27. The standard InChI is InChI=1S/C23H24N4/c1-16-7-8-22-20(11-16)21-15-25(2)10-9-23(21)27(22)19-6-4-5-17(12-19)18-13-24-26(3)14-18/h4-8,11-14H,9-10,15H2,1-3H3. The van der Waals surface area contributed by atoms with Crippen LogP contribution in [0.5, 0.6) is 0 Å². The Balaban J connectivity index is 1.74. The molecule has 0 aliphatic carbocycles. The Kier molecular flexibility index (Phi) is 3.69. The molecule has 0 saturated carbocycles. The first kappa shape index (κ1) is 16.3. The Morgan fingerprint density at radius 3 is 2.70 bits per heavy atom. The molecule has 27 heavy (non-hydrogen) atoms. The Bertz CT molecular complexity index is 1150. The summed E-state index contributed by atoms with van der Waals surface area (Å²) >= 11 is 0. The van der Waals surface area contributed by atoms with E-state index in [9.17, 15) is 0 Å². The fraction of sp³-hybridized carbons (Fsp3) is 0.261. The number of hydrogen-bond donors (Lipinski definition) is 0. The number of rotatable bonds is 2. The molecule has 2 aromatic heterocycles. The van der Waals surface area contributed by atoms with Crippen LogP contribution >= 0.6 is 0 Å². The summed E-state index contributed by atoms with van der Waals surface area (Å²) in [6.07, 6.45) is 5.08. The van der Waals surface area contributed by atoms with Crippen LogP contribution in [0.2, 0.25) is 0 Å². The summed E-state index contributed by atoms with van der Waals surface area (Å²) in [4.78, 5) is 2.42. The van der Waals surface area contributed by atoms with Crippen molar-refractivity contribution in [2.75, 3.05) is 13.6 Å². The Morgan fingerprint density at radius 2 is 1.89 bits per heavy atom. The highest BCUT2D eigenvalue weighted by molar-refractivity contribution is 5.88. The molecule has 4 heteroatoms. The third-order valence-corrected chi connectivity index (χ3v) is 5.64. The highest BCUT2D eigenvalue weighted by atomic mass is 15.2. The lowest BCUT2D eigenvalue weighted by molar-refractivity contribution is 0.311. The largest absolute Gasteiger partial charge is 0.313 e. The van der Waals surface area contributed by atoms with Crippen LogP contribution in [0.4, 0.5) is 0 Å². The average molecular weight is 356 g/mol. The zero-order chi connectivity index (χ0) is 18.5. The van der Waals surface area contributed by atoms with Gasteiger partial charge in [0.25, 0.3) is 0 Å². The van der Waals surface area contributed by atoms with Gasteiger partial charge in [0.15, 0.2) is 0 Å². The van der Waals surface area contributed by atoms with Crippen molar-refractivity contribution in [3.05, 3.63) is 71.7 Å². The van der Waals surface area contributed by atoms with E-state index in [0.717, 1.165) is 25.1 Å². The van der Waals surface area contributed by atoms with Crippen LogP contribution in [-0.2, 0) is 20.0 Å². The van der Waals surface area contributed by atoms with E-state index >= 15 is 0 Å². The molecule has 3 heterocycles. The summed E-state index contributed by atoms with van der Waals surface area (Å²) in [5.74, 6) is 0. The summed E-state index contributed by atoms with van der Waals surface area (Å²) in [7, 11) is 4.17. The SMILES string of the molecule is Cc1ccc2c(c1)c1c(n2-c2cccc(-c3cnn(C)c3)c2)CCN(C)C1. The molecule has 0 fully saturated rings. The zero-order valence-electron chi connectivity index (χ0n) is 16.1. The van der Waals surface area contributed by atoms with Gasteiger partial charge in [0.1, 0.15) is 0 Å². The minimum atomic E-state index is 1.02. The van der Waals surface area contributed by atoms with Crippen molar-refractivity contribution in [3.8, 4) is 16.8 Å². The van der Waals surface area contributed by atoms with Gasteiger partial charge in [-0.15, -0.1) is 0 Å². The molecule has 0 saturated heterocycles. The minimum Gasteiger partial charge on any atom is -0.313 e.